The summed E-state index contributed by atoms with van der Waals surface area (Å²) in [7, 11) is 0. The molecule has 1 aliphatic carbocycles. The second-order valence-corrected chi connectivity index (χ2v) is 13.1. The molecule has 42 heavy (non-hydrogen) atoms. The van der Waals surface area contributed by atoms with Gasteiger partial charge in [0.15, 0.2) is 10.1 Å². The molecule has 1 aliphatic heterocycles. The number of furan rings is 1. The highest BCUT2D eigenvalue weighted by Gasteiger charge is 2.46. The van der Waals surface area contributed by atoms with Crippen LogP contribution in [0, 0.1) is 33.8 Å². The molecule has 0 radical (unpaired) electrons. The Labute approximate surface area is 253 Å². The third kappa shape index (κ3) is 5.63. The number of rotatable bonds is 7. The predicted molar refractivity (Wildman–Crippen MR) is 158 cm³/mol. The standard InChI is InChI=1S/C27H24ClN7O5S2/c1-13-4-7-20(40-13)22-15(11-29)24(30)34(18-9-27(2,3)10-19(36)23(18)22)25-32-33-26(42-25)41-12-21(37)31-14-5-6-16(28)17(8-14)35(38)39/h4-8,22H,9-10,12,30H2,1-3H3,(H,31,37). The van der Waals surface area contributed by atoms with Crippen molar-refractivity contribution in [2.24, 2.45) is 11.1 Å². The molecule has 0 fully saturated rings. The molecular weight excluding hydrogens is 602 g/mol. The number of nitrogens with two attached hydrogens (primary N) is 1. The normalized spacial score (nSPS) is 18.1. The van der Waals surface area contributed by atoms with E-state index in [1.807, 2.05) is 13.8 Å². The number of carbonyl (C=O) groups is 2. The second kappa shape index (κ2) is 11.2. The van der Waals surface area contributed by atoms with Crippen molar-refractivity contribution in [1.29, 1.82) is 5.26 Å². The van der Waals surface area contributed by atoms with Crippen molar-refractivity contribution in [2.75, 3.05) is 16.0 Å². The molecule has 216 valence electrons. The van der Waals surface area contributed by atoms with E-state index in [-0.39, 0.29) is 44.7 Å². The van der Waals surface area contributed by atoms with Crippen LogP contribution >= 0.6 is 34.7 Å². The molecule has 0 saturated heterocycles. The number of nitro benzene ring substituents is 1. The van der Waals surface area contributed by atoms with E-state index < -0.39 is 16.7 Å². The first-order valence-electron chi connectivity index (χ1n) is 12.6. The molecule has 1 amide bonds. The molecule has 3 aromatic rings. The Morgan fingerprint density at radius 2 is 2.12 bits per heavy atom. The number of aromatic nitrogens is 2. The van der Waals surface area contributed by atoms with Crippen LogP contribution < -0.4 is 16.0 Å². The number of thioether (sulfide) groups is 1. The monoisotopic (exact) mass is 625 g/mol. The maximum absolute atomic E-state index is 13.6. The summed E-state index contributed by atoms with van der Waals surface area (Å²) in [6.45, 7) is 5.78. The second-order valence-electron chi connectivity index (χ2n) is 10.5. The SMILES string of the molecule is Cc1ccc(C2C(C#N)=C(N)N(c3nnc(SCC(=O)Nc4ccc(Cl)c([N+](=O)[O-])c4)s3)C3=C2C(=O)CC(C)(C)C3)o1. The minimum atomic E-state index is -0.729. The fourth-order valence-corrected chi connectivity index (χ4v) is 6.89. The summed E-state index contributed by atoms with van der Waals surface area (Å²) in [5.74, 6) is -0.0409. The number of benzene rings is 1. The molecule has 1 atom stereocenters. The number of amides is 1. The Balaban J connectivity index is 1.41. The number of aryl methyl sites for hydroxylation is 1. The smallest absolute Gasteiger partial charge is 0.289 e. The lowest BCUT2D eigenvalue weighted by Gasteiger charge is -2.42. The fourth-order valence-electron chi connectivity index (χ4n) is 5.03. The van der Waals surface area contributed by atoms with E-state index in [2.05, 4.69) is 21.6 Å². The van der Waals surface area contributed by atoms with E-state index in [1.165, 1.54) is 18.2 Å². The van der Waals surface area contributed by atoms with Gasteiger partial charge in [-0.05, 0) is 43.0 Å². The number of nitrogens with one attached hydrogen (secondary N) is 1. The molecule has 1 unspecified atom stereocenters. The summed E-state index contributed by atoms with van der Waals surface area (Å²) in [4.78, 5) is 38.2. The first kappa shape index (κ1) is 29.3. The summed E-state index contributed by atoms with van der Waals surface area (Å²) in [6, 6.07) is 9.71. The summed E-state index contributed by atoms with van der Waals surface area (Å²) in [5, 5.41) is 32.7. The molecule has 0 saturated carbocycles. The van der Waals surface area contributed by atoms with Gasteiger partial charge in [-0.15, -0.1) is 10.2 Å². The number of ketones is 1. The predicted octanol–water partition coefficient (Wildman–Crippen LogP) is 5.67. The Morgan fingerprint density at radius 1 is 1.36 bits per heavy atom. The Bertz CT molecular complexity index is 1740. The quantitative estimate of drug-likeness (QED) is 0.187. The zero-order valence-electron chi connectivity index (χ0n) is 22.6. The average Bonchev–Trinajstić information content (AvgIpc) is 3.56. The first-order chi connectivity index (χ1) is 19.9. The van der Waals surface area contributed by atoms with Crippen LogP contribution in [0.2, 0.25) is 5.02 Å². The third-order valence-electron chi connectivity index (χ3n) is 6.77. The van der Waals surface area contributed by atoms with Gasteiger partial charge in [-0.3, -0.25) is 24.6 Å². The molecule has 1 aromatic carbocycles. The van der Waals surface area contributed by atoms with Gasteiger partial charge in [0.1, 0.15) is 22.4 Å². The van der Waals surface area contributed by atoms with Gasteiger partial charge in [-0.25, -0.2) is 0 Å². The van der Waals surface area contributed by atoms with Gasteiger partial charge in [0, 0.05) is 29.4 Å². The maximum atomic E-state index is 13.6. The molecule has 12 nitrogen and oxygen atoms in total. The highest BCUT2D eigenvalue weighted by molar-refractivity contribution is 8.01. The van der Waals surface area contributed by atoms with Crippen LogP contribution in [0.1, 0.15) is 44.1 Å². The van der Waals surface area contributed by atoms with Crippen molar-refractivity contribution >= 4 is 62.9 Å². The van der Waals surface area contributed by atoms with Crippen LogP contribution in [0.3, 0.4) is 0 Å². The minimum Gasteiger partial charge on any atom is -0.465 e. The number of hydrogen-bond acceptors (Lipinski definition) is 12. The van der Waals surface area contributed by atoms with Gasteiger partial charge in [-0.1, -0.05) is 48.5 Å². The lowest BCUT2D eigenvalue weighted by Crippen LogP contribution is -2.42. The van der Waals surface area contributed by atoms with E-state index in [0.29, 0.717) is 45.1 Å². The zero-order chi connectivity index (χ0) is 30.3. The van der Waals surface area contributed by atoms with Crippen LogP contribution in [0.15, 0.2) is 61.8 Å². The molecule has 2 aliphatic rings. The number of allylic oxidation sites excluding steroid dienone is 3. The number of nitriles is 1. The number of Topliss-reactive ketones (excluding diaryl/α,β-unsaturated/α-hetero) is 1. The number of nitrogens with zero attached hydrogens (tertiary/aromatic N) is 5. The lowest BCUT2D eigenvalue weighted by atomic mass is 9.69. The van der Waals surface area contributed by atoms with Crippen LogP contribution in [0.4, 0.5) is 16.5 Å². The largest absolute Gasteiger partial charge is 0.465 e. The van der Waals surface area contributed by atoms with Crippen LogP contribution in [-0.2, 0) is 9.59 Å². The van der Waals surface area contributed by atoms with Crippen molar-refractivity contribution < 1.29 is 18.9 Å². The molecule has 15 heteroatoms. The highest BCUT2D eigenvalue weighted by Crippen LogP contribution is 2.51. The number of anilines is 2. The van der Waals surface area contributed by atoms with Crippen molar-refractivity contribution in [3.8, 4) is 6.07 Å². The fraction of sp³-hybridized carbons (Fsp3) is 0.296. The van der Waals surface area contributed by atoms with E-state index in [9.17, 15) is 25.0 Å². The highest BCUT2D eigenvalue weighted by atomic mass is 35.5. The molecule has 0 bridgehead atoms. The van der Waals surface area contributed by atoms with Crippen molar-refractivity contribution in [1.82, 2.24) is 10.2 Å². The summed E-state index contributed by atoms with van der Waals surface area (Å²) < 4.78 is 6.31. The number of carbonyl (C=O) groups excluding carboxylic acids is 2. The van der Waals surface area contributed by atoms with Crippen LogP contribution in [0.5, 0.6) is 0 Å². The molecule has 3 heterocycles. The average molecular weight is 626 g/mol. The third-order valence-corrected chi connectivity index (χ3v) is 9.13. The Hall–Kier alpha value is -4.19. The van der Waals surface area contributed by atoms with Gasteiger partial charge in [0.2, 0.25) is 11.0 Å². The first-order valence-corrected chi connectivity index (χ1v) is 14.8. The van der Waals surface area contributed by atoms with Gasteiger partial charge in [0.25, 0.3) is 5.69 Å². The number of hydrogen-bond donors (Lipinski definition) is 2. The van der Waals surface area contributed by atoms with Crippen LogP contribution in [0.25, 0.3) is 0 Å². The van der Waals surface area contributed by atoms with Gasteiger partial charge < -0.3 is 15.5 Å². The Morgan fingerprint density at radius 3 is 2.79 bits per heavy atom. The molecule has 3 N–H and O–H groups in total. The Kier molecular flexibility index (Phi) is 7.84. The van der Waals surface area contributed by atoms with E-state index in [1.54, 1.807) is 24.0 Å². The molecule has 0 spiro atoms. The topological polar surface area (TPSA) is 181 Å². The number of nitro groups is 1. The van der Waals surface area contributed by atoms with E-state index in [4.69, 9.17) is 21.8 Å². The van der Waals surface area contributed by atoms with Crippen molar-refractivity contribution in [2.45, 2.75) is 43.9 Å². The lowest BCUT2D eigenvalue weighted by molar-refractivity contribution is -0.384. The maximum Gasteiger partial charge on any atom is 0.289 e. The minimum absolute atomic E-state index is 0.0359. The summed E-state index contributed by atoms with van der Waals surface area (Å²) in [6.07, 6.45) is 0.805. The number of halogens is 1. The summed E-state index contributed by atoms with van der Waals surface area (Å²) in [5.41, 5.74) is 7.43. The van der Waals surface area contributed by atoms with Gasteiger partial charge in [-0.2, -0.15) is 5.26 Å². The van der Waals surface area contributed by atoms with E-state index in [0.717, 1.165) is 23.1 Å². The van der Waals surface area contributed by atoms with Gasteiger partial charge >= 0.3 is 0 Å². The molecule has 2 aromatic heterocycles. The van der Waals surface area contributed by atoms with Crippen molar-refractivity contribution in [3.05, 3.63) is 79.7 Å². The van der Waals surface area contributed by atoms with E-state index >= 15 is 0 Å². The van der Waals surface area contributed by atoms with Gasteiger partial charge in [0.05, 0.1) is 28.2 Å². The molecule has 5 rings (SSSR count). The molecular formula is C27H24ClN7O5S2. The summed E-state index contributed by atoms with van der Waals surface area (Å²) >= 11 is 8.11. The van der Waals surface area contributed by atoms with Crippen molar-refractivity contribution in [3.63, 3.8) is 0 Å². The van der Waals surface area contributed by atoms with Crippen LogP contribution in [-0.4, -0.2) is 32.6 Å². The zero-order valence-corrected chi connectivity index (χ0v) is 25.0.